The average Bonchev–Trinajstić information content (AvgIpc) is 2.59. The summed E-state index contributed by atoms with van der Waals surface area (Å²) in [5.74, 6) is -0.00462. The topological polar surface area (TPSA) is 116 Å². The van der Waals surface area contributed by atoms with Gasteiger partial charge >= 0.3 is 0 Å². The zero-order valence-electron chi connectivity index (χ0n) is 13.0. The first-order valence-electron chi connectivity index (χ1n) is 7.10. The van der Waals surface area contributed by atoms with E-state index in [1.165, 1.54) is 6.07 Å². The Morgan fingerprint density at radius 1 is 1.29 bits per heavy atom. The Balaban J connectivity index is 1.97. The molecule has 0 unspecified atom stereocenters. The molecule has 0 aliphatic heterocycles. The Morgan fingerprint density at radius 2 is 2.00 bits per heavy atom. The molecule has 2 rings (SSSR count). The molecule has 2 aromatic rings. The number of amides is 1. The molecule has 1 aromatic heterocycles. The van der Waals surface area contributed by atoms with E-state index < -0.39 is 0 Å². The van der Waals surface area contributed by atoms with Crippen molar-refractivity contribution < 1.29 is 4.79 Å². The molecule has 0 saturated carbocycles. The number of nitriles is 2. The van der Waals surface area contributed by atoms with Gasteiger partial charge in [-0.1, -0.05) is 36.0 Å². The van der Waals surface area contributed by atoms with Crippen molar-refractivity contribution >= 4 is 23.5 Å². The third kappa shape index (κ3) is 4.25. The molecule has 0 radical (unpaired) electrons. The SMILES string of the molecule is Cc1ccccc1CNC(=O)CSc1nc(N)c(C#N)cc1C#N. The summed E-state index contributed by atoms with van der Waals surface area (Å²) in [6, 6.07) is 13.0. The van der Waals surface area contributed by atoms with Gasteiger partial charge in [-0.2, -0.15) is 10.5 Å². The summed E-state index contributed by atoms with van der Waals surface area (Å²) >= 11 is 1.12. The summed E-state index contributed by atoms with van der Waals surface area (Å²) < 4.78 is 0. The lowest BCUT2D eigenvalue weighted by atomic mass is 10.1. The smallest absolute Gasteiger partial charge is 0.230 e. The third-order valence-electron chi connectivity index (χ3n) is 3.34. The van der Waals surface area contributed by atoms with Gasteiger partial charge in [-0.3, -0.25) is 4.79 Å². The van der Waals surface area contributed by atoms with Crippen LogP contribution >= 0.6 is 11.8 Å². The molecule has 0 bridgehead atoms. The minimum absolute atomic E-state index is 0.0549. The van der Waals surface area contributed by atoms with E-state index in [-0.39, 0.29) is 28.6 Å². The number of rotatable bonds is 5. The number of anilines is 1. The number of nitrogens with two attached hydrogens (primary N) is 1. The van der Waals surface area contributed by atoms with Crippen LogP contribution in [0.4, 0.5) is 5.82 Å². The largest absolute Gasteiger partial charge is 0.383 e. The number of carbonyl (C=O) groups excluding carboxylic acids is 1. The zero-order valence-corrected chi connectivity index (χ0v) is 13.9. The molecule has 1 aromatic carbocycles. The van der Waals surface area contributed by atoms with Crippen molar-refractivity contribution in [1.82, 2.24) is 10.3 Å². The lowest BCUT2D eigenvalue weighted by Crippen LogP contribution is -2.25. The van der Waals surface area contributed by atoms with E-state index in [9.17, 15) is 4.79 Å². The molecule has 0 saturated heterocycles. The highest BCUT2D eigenvalue weighted by atomic mass is 32.2. The van der Waals surface area contributed by atoms with Crippen LogP contribution in [0.25, 0.3) is 0 Å². The van der Waals surface area contributed by atoms with Crippen molar-refractivity contribution in [2.75, 3.05) is 11.5 Å². The Morgan fingerprint density at radius 3 is 2.67 bits per heavy atom. The number of carbonyl (C=O) groups is 1. The van der Waals surface area contributed by atoms with Gasteiger partial charge in [0.05, 0.1) is 16.9 Å². The van der Waals surface area contributed by atoms with Gasteiger partial charge in [0, 0.05) is 6.54 Å². The Kier molecular flexibility index (Phi) is 5.78. The first kappa shape index (κ1) is 17.3. The number of nitrogen functional groups attached to an aromatic ring is 1. The van der Waals surface area contributed by atoms with Crippen LogP contribution < -0.4 is 11.1 Å². The number of hydrogen-bond donors (Lipinski definition) is 2. The van der Waals surface area contributed by atoms with E-state index in [1.54, 1.807) is 0 Å². The van der Waals surface area contributed by atoms with Gasteiger partial charge in [-0.05, 0) is 24.1 Å². The van der Waals surface area contributed by atoms with Crippen LogP contribution in [-0.2, 0) is 11.3 Å². The van der Waals surface area contributed by atoms with Gasteiger partial charge in [0.15, 0.2) is 0 Å². The minimum Gasteiger partial charge on any atom is -0.383 e. The van der Waals surface area contributed by atoms with Gasteiger partial charge in [0.1, 0.15) is 23.0 Å². The first-order chi connectivity index (χ1) is 11.5. The fourth-order valence-corrected chi connectivity index (χ4v) is 2.77. The number of nitrogens with zero attached hydrogens (tertiary/aromatic N) is 3. The van der Waals surface area contributed by atoms with Crippen LogP contribution in [0.15, 0.2) is 35.4 Å². The van der Waals surface area contributed by atoms with Crippen LogP contribution in [0.2, 0.25) is 0 Å². The molecule has 120 valence electrons. The van der Waals surface area contributed by atoms with Crippen molar-refractivity contribution in [3.8, 4) is 12.1 Å². The molecule has 7 heteroatoms. The monoisotopic (exact) mass is 337 g/mol. The number of hydrogen-bond acceptors (Lipinski definition) is 6. The summed E-state index contributed by atoms with van der Waals surface area (Å²) in [5, 5.41) is 21.2. The van der Waals surface area contributed by atoms with Crippen LogP contribution in [0.1, 0.15) is 22.3 Å². The van der Waals surface area contributed by atoms with Crippen LogP contribution in [0, 0.1) is 29.6 Å². The highest BCUT2D eigenvalue weighted by Crippen LogP contribution is 2.23. The summed E-state index contributed by atoms with van der Waals surface area (Å²) in [6.45, 7) is 2.43. The number of thioether (sulfide) groups is 1. The predicted octanol–water partition coefficient (Wildman–Crippen LogP) is 2.12. The van der Waals surface area contributed by atoms with E-state index in [1.807, 2.05) is 43.3 Å². The molecule has 6 nitrogen and oxygen atoms in total. The maximum atomic E-state index is 12.0. The zero-order chi connectivity index (χ0) is 17.5. The van der Waals surface area contributed by atoms with Crippen LogP contribution in [-0.4, -0.2) is 16.6 Å². The molecule has 0 aliphatic rings. The van der Waals surface area contributed by atoms with E-state index in [0.717, 1.165) is 22.9 Å². The van der Waals surface area contributed by atoms with E-state index >= 15 is 0 Å². The Hall–Kier alpha value is -3.03. The van der Waals surface area contributed by atoms with E-state index in [2.05, 4.69) is 10.3 Å². The highest BCUT2D eigenvalue weighted by molar-refractivity contribution is 8.00. The number of benzene rings is 1. The van der Waals surface area contributed by atoms with Crippen molar-refractivity contribution in [1.29, 1.82) is 10.5 Å². The van der Waals surface area contributed by atoms with E-state index in [4.69, 9.17) is 16.3 Å². The lowest BCUT2D eigenvalue weighted by Gasteiger charge is -2.08. The van der Waals surface area contributed by atoms with Gasteiger partial charge in [0.25, 0.3) is 0 Å². The first-order valence-corrected chi connectivity index (χ1v) is 8.08. The summed E-state index contributed by atoms with van der Waals surface area (Å²) in [7, 11) is 0. The van der Waals surface area contributed by atoms with Gasteiger partial charge in [-0.25, -0.2) is 4.98 Å². The molecule has 1 heterocycles. The molecule has 0 atom stereocenters. The minimum atomic E-state index is -0.170. The number of aryl methyl sites for hydroxylation is 1. The molecule has 0 aliphatic carbocycles. The molecule has 24 heavy (non-hydrogen) atoms. The second kappa shape index (κ2) is 8.00. The van der Waals surface area contributed by atoms with Gasteiger partial charge < -0.3 is 11.1 Å². The van der Waals surface area contributed by atoms with Gasteiger partial charge in [0.2, 0.25) is 5.91 Å². The normalized spacial score (nSPS) is 9.79. The average molecular weight is 337 g/mol. The fraction of sp³-hybridized carbons (Fsp3) is 0.176. The molecule has 0 spiro atoms. The second-order valence-corrected chi connectivity index (χ2v) is 5.95. The lowest BCUT2D eigenvalue weighted by molar-refractivity contribution is -0.118. The summed E-state index contributed by atoms with van der Waals surface area (Å²) in [6.07, 6.45) is 0. The van der Waals surface area contributed by atoms with Gasteiger partial charge in [-0.15, -0.1) is 0 Å². The summed E-state index contributed by atoms with van der Waals surface area (Å²) in [5.41, 5.74) is 8.20. The van der Waals surface area contributed by atoms with E-state index in [0.29, 0.717) is 11.6 Å². The molecule has 1 amide bonds. The van der Waals surface area contributed by atoms with Crippen LogP contribution in [0.3, 0.4) is 0 Å². The number of pyridine rings is 1. The predicted molar refractivity (Wildman–Crippen MR) is 91.8 cm³/mol. The fourth-order valence-electron chi connectivity index (χ4n) is 1.98. The standard InChI is InChI=1S/C17H15N5OS/c1-11-4-2-3-5-12(11)9-21-15(23)10-24-17-14(8-19)6-13(7-18)16(20)22-17/h2-6H,9-10H2,1H3,(H2,20,22)(H,21,23). The maximum absolute atomic E-state index is 12.0. The molecule has 0 fully saturated rings. The van der Waals surface area contributed by atoms with Crippen molar-refractivity contribution in [3.63, 3.8) is 0 Å². The Labute approximate surface area is 144 Å². The van der Waals surface area contributed by atoms with Crippen molar-refractivity contribution in [2.45, 2.75) is 18.5 Å². The molecule has 3 N–H and O–H groups in total. The van der Waals surface area contributed by atoms with Crippen LogP contribution in [0.5, 0.6) is 0 Å². The molecular weight excluding hydrogens is 322 g/mol. The van der Waals surface area contributed by atoms with Crippen molar-refractivity contribution in [2.24, 2.45) is 0 Å². The third-order valence-corrected chi connectivity index (χ3v) is 4.33. The number of nitrogens with one attached hydrogen (secondary N) is 1. The Bertz CT molecular complexity index is 851. The summed E-state index contributed by atoms with van der Waals surface area (Å²) in [4.78, 5) is 16.0. The van der Waals surface area contributed by atoms with Crippen molar-refractivity contribution in [3.05, 3.63) is 52.6 Å². The maximum Gasteiger partial charge on any atom is 0.230 e. The molecular formula is C17H15N5OS. The highest BCUT2D eigenvalue weighted by Gasteiger charge is 2.12. The number of aromatic nitrogens is 1. The second-order valence-electron chi connectivity index (χ2n) is 4.99. The quantitative estimate of drug-likeness (QED) is 0.807.